The second-order valence-electron chi connectivity index (χ2n) is 7.51. The Hall–Kier alpha value is -4.38. The zero-order valence-electron chi connectivity index (χ0n) is 18.6. The van der Waals surface area contributed by atoms with Crippen LogP contribution in [0.25, 0.3) is 0 Å². The SMILES string of the molecule is COc1cccc(CNC(=O)c2cccc(NC(=O)Cn3c(C)cc(C)c(C#N)c3=O)c2)c1. The number of carbonyl (C=O) groups is 2. The molecule has 2 aromatic carbocycles. The van der Waals surface area contributed by atoms with Crippen LogP contribution in [-0.2, 0) is 17.9 Å². The van der Waals surface area contributed by atoms with Gasteiger partial charge in [-0.1, -0.05) is 18.2 Å². The Labute approximate surface area is 191 Å². The van der Waals surface area contributed by atoms with Crippen molar-refractivity contribution in [2.45, 2.75) is 26.9 Å². The van der Waals surface area contributed by atoms with Gasteiger partial charge in [-0.05, 0) is 61.4 Å². The number of ether oxygens (including phenoxy) is 1. The molecule has 0 aliphatic rings. The lowest BCUT2D eigenvalue weighted by atomic mass is 10.1. The van der Waals surface area contributed by atoms with Gasteiger partial charge in [0.15, 0.2) is 0 Å². The minimum atomic E-state index is -0.504. The Kier molecular flexibility index (Phi) is 7.26. The average molecular weight is 444 g/mol. The van der Waals surface area contributed by atoms with Crippen molar-refractivity contribution in [3.8, 4) is 11.8 Å². The Morgan fingerprint density at radius 3 is 2.58 bits per heavy atom. The van der Waals surface area contributed by atoms with E-state index in [4.69, 9.17) is 4.74 Å². The Morgan fingerprint density at radius 1 is 1.09 bits per heavy atom. The monoisotopic (exact) mass is 444 g/mol. The first-order valence-electron chi connectivity index (χ1n) is 10.2. The second-order valence-corrected chi connectivity index (χ2v) is 7.51. The van der Waals surface area contributed by atoms with Gasteiger partial charge in [0.25, 0.3) is 11.5 Å². The molecule has 0 atom stereocenters. The van der Waals surface area contributed by atoms with Gasteiger partial charge in [0.2, 0.25) is 5.91 Å². The first-order chi connectivity index (χ1) is 15.8. The van der Waals surface area contributed by atoms with E-state index in [0.717, 1.165) is 5.56 Å². The summed E-state index contributed by atoms with van der Waals surface area (Å²) in [5.74, 6) is -0.0312. The summed E-state index contributed by atoms with van der Waals surface area (Å²) in [6.07, 6.45) is 0. The summed E-state index contributed by atoms with van der Waals surface area (Å²) in [6, 6.07) is 17.5. The Morgan fingerprint density at radius 2 is 1.85 bits per heavy atom. The first kappa shape index (κ1) is 23.3. The van der Waals surface area contributed by atoms with E-state index in [2.05, 4.69) is 10.6 Å². The van der Waals surface area contributed by atoms with E-state index in [0.29, 0.717) is 34.8 Å². The predicted molar refractivity (Wildman–Crippen MR) is 124 cm³/mol. The summed E-state index contributed by atoms with van der Waals surface area (Å²) in [7, 11) is 1.58. The number of nitrogens with zero attached hydrogens (tertiary/aromatic N) is 2. The van der Waals surface area contributed by atoms with E-state index in [9.17, 15) is 19.6 Å². The van der Waals surface area contributed by atoms with E-state index < -0.39 is 11.5 Å². The molecule has 3 rings (SSSR count). The Bertz CT molecular complexity index is 1300. The number of nitriles is 1. The van der Waals surface area contributed by atoms with E-state index in [1.165, 1.54) is 4.57 Å². The molecule has 0 aliphatic heterocycles. The fourth-order valence-electron chi connectivity index (χ4n) is 3.41. The number of hydrogen-bond donors (Lipinski definition) is 2. The first-order valence-corrected chi connectivity index (χ1v) is 10.2. The van der Waals surface area contributed by atoms with Gasteiger partial charge in [0, 0.05) is 23.5 Å². The molecule has 1 aromatic heterocycles. The van der Waals surface area contributed by atoms with Crippen LogP contribution < -0.4 is 20.9 Å². The van der Waals surface area contributed by atoms with Crippen LogP contribution in [0.3, 0.4) is 0 Å². The molecule has 0 saturated carbocycles. The molecule has 0 unspecified atom stereocenters. The molecule has 33 heavy (non-hydrogen) atoms. The van der Waals surface area contributed by atoms with Gasteiger partial charge in [-0.25, -0.2) is 0 Å². The number of rotatable bonds is 7. The van der Waals surface area contributed by atoms with Crippen LogP contribution in [0.15, 0.2) is 59.4 Å². The summed E-state index contributed by atoms with van der Waals surface area (Å²) in [6.45, 7) is 3.47. The summed E-state index contributed by atoms with van der Waals surface area (Å²) in [4.78, 5) is 37.6. The number of aryl methyl sites for hydroxylation is 2. The molecule has 0 saturated heterocycles. The molecule has 3 aromatic rings. The maximum atomic E-state index is 12.6. The largest absolute Gasteiger partial charge is 0.497 e. The summed E-state index contributed by atoms with van der Waals surface area (Å²) < 4.78 is 6.44. The fraction of sp³-hybridized carbons (Fsp3) is 0.200. The van der Waals surface area contributed by atoms with Crippen LogP contribution in [0.4, 0.5) is 5.69 Å². The normalized spacial score (nSPS) is 10.2. The van der Waals surface area contributed by atoms with Crippen molar-refractivity contribution in [1.82, 2.24) is 9.88 Å². The number of amides is 2. The van der Waals surface area contributed by atoms with E-state index in [1.54, 1.807) is 51.3 Å². The fourth-order valence-corrected chi connectivity index (χ4v) is 3.41. The second kappa shape index (κ2) is 10.3. The number of pyridine rings is 1. The lowest BCUT2D eigenvalue weighted by Gasteiger charge is -2.13. The number of nitrogens with one attached hydrogen (secondary N) is 2. The third-order valence-electron chi connectivity index (χ3n) is 5.11. The van der Waals surface area contributed by atoms with E-state index >= 15 is 0 Å². The molecule has 168 valence electrons. The molecule has 0 bridgehead atoms. The molecule has 1 heterocycles. The molecule has 0 fully saturated rings. The number of benzene rings is 2. The topological polar surface area (TPSA) is 113 Å². The minimum absolute atomic E-state index is 0.0168. The standard InChI is InChI=1S/C25H24N4O4/c1-16-10-17(2)29(25(32)22(16)13-26)15-23(30)28-20-8-5-7-19(12-20)24(31)27-14-18-6-4-9-21(11-18)33-3/h4-12H,14-15H2,1-3H3,(H,27,31)(H,28,30). The minimum Gasteiger partial charge on any atom is -0.497 e. The van der Waals surface area contributed by atoms with Crippen LogP contribution in [0.1, 0.15) is 32.7 Å². The van der Waals surface area contributed by atoms with Gasteiger partial charge >= 0.3 is 0 Å². The molecular formula is C25H24N4O4. The molecule has 2 amide bonds. The highest BCUT2D eigenvalue weighted by Crippen LogP contribution is 2.14. The number of anilines is 1. The van der Waals surface area contributed by atoms with E-state index in [-0.39, 0.29) is 18.0 Å². The maximum Gasteiger partial charge on any atom is 0.269 e. The van der Waals surface area contributed by atoms with E-state index in [1.807, 2.05) is 30.3 Å². The zero-order valence-corrected chi connectivity index (χ0v) is 18.6. The van der Waals surface area contributed by atoms with Crippen LogP contribution in [0.2, 0.25) is 0 Å². The van der Waals surface area contributed by atoms with Crippen LogP contribution in [-0.4, -0.2) is 23.5 Å². The highest BCUT2D eigenvalue weighted by atomic mass is 16.5. The third-order valence-corrected chi connectivity index (χ3v) is 5.11. The van der Waals surface area contributed by atoms with Crippen molar-refractivity contribution in [2.24, 2.45) is 0 Å². The van der Waals surface area contributed by atoms with Crippen molar-refractivity contribution < 1.29 is 14.3 Å². The highest BCUT2D eigenvalue weighted by Gasteiger charge is 2.14. The van der Waals surface area contributed by atoms with Crippen LogP contribution >= 0.6 is 0 Å². The summed E-state index contributed by atoms with van der Waals surface area (Å²) in [5, 5.41) is 14.7. The summed E-state index contributed by atoms with van der Waals surface area (Å²) in [5.41, 5.74) is 2.36. The molecule has 0 aliphatic carbocycles. The zero-order chi connectivity index (χ0) is 24.0. The van der Waals surface area contributed by atoms with Gasteiger partial charge < -0.3 is 19.9 Å². The van der Waals surface area contributed by atoms with Crippen molar-refractivity contribution >= 4 is 17.5 Å². The number of methoxy groups -OCH3 is 1. The summed E-state index contributed by atoms with van der Waals surface area (Å²) >= 11 is 0. The Balaban J connectivity index is 1.67. The van der Waals surface area contributed by atoms with Gasteiger partial charge in [0.1, 0.15) is 23.9 Å². The highest BCUT2D eigenvalue weighted by molar-refractivity contribution is 5.97. The molecule has 0 spiro atoms. The number of aromatic nitrogens is 1. The lowest BCUT2D eigenvalue weighted by molar-refractivity contribution is -0.116. The molecule has 0 radical (unpaired) electrons. The number of hydrogen-bond acceptors (Lipinski definition) is 5. The average Bonchev–Trinajstić information content (AvgIpc) is 2.80. The molecule has 8 nitrogen and oxygen atoms in total. The van der Waals surface area contributed by atoms with Crippen molar-refractivity contribution in [1.29, 1.82) is 5.26 Å². The lowest BCUT2D eigenvalue weighted by Crippen LogP contribution is -2.31. The van der Waals surface area contributed by atoms with Crippen molar-refractivity contribution in [3.05, 3.63) is 92.9 Å². The smallest absolute Gasteiger partial charge is 0.269 e. The predicted octanol–water partition coefficient (Wildman–Crippen LogP) is 2.91. The molecule has 8 heteroatoms. The third kappa shape index (κ3) is 5.66. The van der Waals surface area contributed by atoms with Crippen LogP contribution in [0.5, 0.6) is 5.75 Å². The molecular weight excluding hydrogens is 420 g/mol. The van der Waals surface area contributed by atoms with Crippen LogP contribution in [0, 0.1) is 25.2 Å². The quantitative estimate of drug-likeness (QED) is 0.582. The maximum absolute atomic E-state index is 12.6. The van der Waals surface area contributed by atoms with Gasteiger partial charge in [-0.2, -0.15) is 5.26 Å². The molecule has 2 N–H and O–H groups in total. The van der Waals surface area contributed by atoms with Gasteiger partial charge in [-0.15, -0.1) is 0 Å². The van der Waals surface area contributed by atoms with Crippen molar-refractivity contribution in [3.63, 3.8) is 0 Å². The van der Waals surface area contributed by atoms with Gasteiger partial charge in [-0.3, -0.25) is 14.4 Å². The number of carbonyl (C=O) groups excluding carboxylic acids is 2. The van der Waals surface area contributed by atoms with Crippen molar-refractivity contribution in [2.75, 3.05) is 12.4 Å². The van der Waals surface area contributed by atoms with Gasteiger partial charge in [0.05, 0.1) is 7.11 Å².